The van der Waals surface area contributed by atoms with Gasteiger partial charge in [-0.3, -0.25) is 4.90 Å². The molecule has 2 nitrogen and oxygen atoms in total. The highest BCUT2D eigenvalue weighted by atomic mass is 15.2. The average molecular weight is 246 g/mol. The lowest BCUT2D eigenvalue weighted by Crippen LogP contribution is -2.39. The highest BCUT2D eigenvalue weighted by Crippen LogP contribution is 2.27. The molecule has 1 fully saturated rings. The minimum Gasteiger partial charge on any atom is -0.315 e. The van der Waals surface area contributed by atoms with Crippen LogP contribution in [-0.4, -0.2) is 30.6 Å². The van der Waals surface area contributed by atoms with Crippen LogP contribution in [0.3, 0.4) is 0 Å². The lowest BCUT2D eigenvalue weighted by molar-refractivity contribution is 0.153. The fourth-order valence-corrected chi connectivity index (χ4v) is 3.11. The van der Waals surface area contributed by atoms with Crippen LogP contribution in [0.5, 0.6) is 0 Å². The summed E-state index contributed by atoms with van der Waals surface area (Å²) in [6, 6.07) is 10.0. The number of nitrogens with zero attached hydrogens (tertiary/aromatic N) is 1. The first kappa shape index (κ1) is 13.6. The number of aryl methyl sites for hydroxylation is 1. The van der Waals surface area contributed by atoms with Crippen molar-refractivity contribution in [3.05, 3.63) is 35.4 Å². The SMILES string of the molecule is CCCN(C1CCNC1)C(C)c1ccccc1C. The molecule has 0 spiro atoms. The zero-order valence-electron chi connectivity index (χ0n) is 11.9. The summed E-state index contributed by atoms with van der Waals surface area (Å²) in [5.74, 6) is 0. The summed E-state index contributed by atoms with van der Waals surface area (Å²) in [5.41, 5.74) is 2.90. The molecule has 0 radical (unpaired) electrons. The summed E-state index contributed by atoms with van der Waals surface area (Å²) in [7, 11) is 0. The molecule has 1 aliphatic heterocycles. The van der Waals surface area contributed by atoms with Crippen LogP contribution >= 0.6 is 0 Å². The number of hydrogen-bond donors (Lipinski definition) is 1. The second-order valence-electron chi connectivity index (χ2n) is 5.42. The van der Waals surface area contributed by atoms with Gasteiger partial charge in [-0.2, -0.15) is 0 Å². The van der Waals surface area contributed by atoms with Crippen LogP contribution in [0.2, 0.25) is 0 Å². The molecule has 1 N–H and O–H groups in total. The average Bonchev–Trinajstić information content (AvgIpc) is 2.89. The fourth-order valence-electron chi connectivity index (χ4n) is 3.11. The summed E-state index contributed by atoms with van der Waals surface area (Å²) in [6.07, 6.45) is 2.52. The molecule has 2 atom stereocenters. The predicted octanol–water partition coefficient (Wildman–Crippen LogP) is 3.13. The van der Waals surface area contributed by atoms with Crippen LogP contribution in [-0.2, 0) is 0 Å². The molecule has 2 rings (SSSR count). The van der Waals surface area contributed by atoms with Crippen LogP contribution < -0.4 is 5.32 Å². The highest BCUT2D eigenvalue weighted by molar-refractivity contribution is 5.28. The summed E-state index contributed by atoms with van der Waals surface area (Å²) in [6.45, 7) is 10.4. The molecule has 0 bridgehead atoms. The Labute approximate surface area is 111 Å². The molecular weight excluding hydrogens is 220 g/mol. The minimum absolute atomic E-state index is 0.524. The van der Waals surface area contributed by atoms with E-state index < -0.39 is 0 Å². The van der Waals surface area contributed by atoms with Gasteiger partial charge in [-0.15, -0.1) is 0 Å². The molecular formula is C16H26N2. The third kappa shape index (κ3) is 2.93. The third-order valence-corrected chi connectivity index (χ3v) is 4.12. The molecule has 1 aliphatic rings. The van der Waals surface area contributed by atoms with Crippen LogP contribution in [0, 0.1) is 6.92 Å². The predicted molar refractivity (Wildman–Crippen MR) is 77.9 cm³/mol. The highest BCUT2D eigenvalue weighted by Gasteiger charge is 2.26. The van der Waals surface area contributed by atoms with Crippen molar-refractivity contribution in [1.29, 1.82) is 0 Å². The fraction of sp³-hybridized carbons (Fsp3) is 0.625. The van der Waals surface area contributed by atoms with Gasteiger partial charge in [0.15, 0.2) is 0 Å². The molecule has 100 valence electrons. The van der Waals surface area contributed by atoms with E-state index in [4.69, 9.17) is 0 Å². The molecule has 1 saturated heterocycles. The minimum atomic E-state index is 0.524. The quantitative estimate of drug-likeness (QED) is 0.858. The first-order valence-electron chi connectivity index (χ1n) is 7.26. The van der Waals surface area contributed by atoms with E-state index in [2.05, 4.69) is 55.3 Å². The van der Waals surface area contributed by atoms with Gasteiger partial charge in [-0.25, -0.2) is 0 Å². The van der Waals surface area contributed by atoms with E-state index in [-0.39, 0.29) is 0 Å². The normalized spacial score (nSPS) is 21.4. The van der Waals surface area contributed by atoms with Crippen LogP contribution in [0.1, 0.15) is 43.9 Å². The Morgan fingerprint density at radius 2 is 2.17 bits per heavy atom. The Kier molecular flexibility index (Phi) is 4.79. The monoisotopic (exact) mass is 246 g/mol. The van der Waals surface area contributed by atoms with E-state index in [0.29, 0.717) is 12.1 Å². The number of hydrogen-bond acceptors (Lipinski definition) is 2. The molecule has 1 heterocycles. The number of nitrogens with one attached hydrogen (secondary N) is 1. The summed E-state index contributed by atoms with van der Waals surface area (Å²) in [5, 5.41) is 3.49. The zero-order chi connectivity index (χ0) is 13.0. The smallest absolute Gasteiger partial charge is 0.0325 e. The maximum Gasteiger partial charge on any atom is 0.0325 e. The Morgan fingerprint density at radius 3 is 2.78 bits per heavy atom. The Morgan fingerprint density at radius 1 is 1.39 bits per heavy atom. The van der Waals surface area contributed by atoms with Gasteiger partial charge in [0.2, 0.25) is 0 Å². The second kappa shape index (κ2) is 6.35. The van der Waals surface area contributed by atoms with E-state index in [0.717, 1.165) is 6.54 Å². The van der Waals surface area contributed by atoms with Gasteiger partial charge in [0.05, 0.1) is 0 Å². The van der Waals surface area contributed by atoms with Gasteiger partial charge in [-0.1, -0.05) is 31.2 Å². The molecule has 0 amide bonds. The summed E-state index contributed by atoms with van der Waals surface area (Å²) < 4.78 is 0. The first-order valence-corrected chi connectivity index (χ1v) is 7.26. The maximum absolute atomic E-state index is 3.49. The zero-order valence-corrected chi connectivity index (χ0v) is 11.9. The molecule has 1 aromatic carbocycles. The lowest BCUT2D eigenvalue weighted by Gasteiger charge is -2.35. The molecule has 18 heavy (non-hydrogen) atoms. The van der Waals surface area contributed by atoms with E-state index in [9.17, 15) is 0 Å². The standard InChI is InChI=1S/C16H26N2/c1-4-11-18(15-9-10-17-12-15)14(3)16-8-6-5-7-13(16)2/h5-8,14-15,17H,4,9-12H2,1-3H3. The van der Waals surface area contributed by atoms with E-state index >= 15 is 0 Å². The molecule has 2 unspecified atom stereocenters. The van der Waals surface area contributed by atoms with Crippen LogP contribution in [0.15, 0.2) is 24.3 Å². The third-order valence-electron chi connectivity index (χ3n) is 4.12. The summed E-state index contributed by atoms with van der Waals surface area (Å²) in [4.78, 5) is 2.68. The Hall–Kier alpha value is -0.860. The largest absolute Gasteiger partial charge is 0.315 e. The second-order valence-corrected chi connectivity index (χ2v) is 5.42. The Bertz CT molecular complexity index is 369. The lowest BCUT2D eigenvalue weighted by atomic mass is 9.99. The van der Waals surface area contributed by atoms with Crippen molar-refractivity contribution in [2.24, 2.45) is 0 Å². The number of benzene rings is 1. The Balaban J connectivity index is 2.17. The molecule has 0 aromatic heterocycles. The molecule has 0 saturated carbocycles. The van der Waals surface area contributed by atoms with Crippen molar-refractivity contribution in [3.63, 3.8) is 0 Å². The topological polar surface area (TPSA) is 15.3 Å². The summed E-state index contributed by atoms with van der Waals surface area (Å²) >= 11 is 0. The van der Waals surface area contributed by atoms with Crippen molar-refractivity contribution in [3.8, 4) is 0 Å². The molecule has 1 aromatic rings. The maximum atomic E-state index is 3.49. The van der Waals surface area contributed by atoms with E-state index in [1.54, 1.807) is 0 Å². The van der Waals surface area contributed by atoms with E-state index in [1.165, 1.54) is 37.1 Å². The van der Waals surface area contributed by atoms with Crippen molar-refractivity contribution in [2.75, 3.05) is 19.6 Å². The van der Waals surface area contributed by atoms with Gasteiger partial charge >= 0.3 is 0 Å². The molecule has 2 heteroatoms. The van der Waals surface area contributed by atoms with Gasteiger partial charge < -0.3 is 5.32 Å². The number of rotatable bonds is 5. The molecule has 0 aliphatic carbocycles. The van der Waals surface area contributed by atoms with Gasteiger partial charge in [0, 0.05) is 18.6 Å². The van der Waals surface area contributed by atoms with Crippen LogP contribution in [0.25, 0.3) is 0 Å². The van der Waals surface area contributed by atoms with Gasteiger partial charge in [0.1, 0.15) is 0 Å². The van der Waals surface area contributed by atoms with E-state index in [1.807, 2.05) is 0 Å². The van der Waals surface area contributed by atoms with Crippen molar-refractivity contribution in [1.82, 2.24) is 10.2 Å². The van der Waals surface area contributed by atoms with Gasteiger partial charge in [0.25, 0.3) is 0 Å². The van der Waals surface area contributed by atoms with Gasteiger partial charge in [-0.05, 0) is 50.9 Å². The van der Waals surface area contributed by atoms with Crippen molar-refractivity contribution in [2.45, 2.75) is 45.7 Å². The first-order chi connectivity index (χ1) is 8.74. The van der Waals surface area contributed by atoms with Crippen molar-refractivity contribution >= 4 is 0 Å². The van der Waals surface area contributed by atoms with Crippen molar-refractivity contribution < 1.29 is 0 Å². The van der Waals surface area contributed by atoms with Crippen LogP contribution in [0.4, 0.5) is 0 Å².